The summed E-state index contributed by atoms with van der Waals surface area (Å²) in [6.45, 7) is 4.01. The number of allylic oxidation sites excluding steroid dienone is 1. The van der Waals surface area contributed by atoms with Gasteiger partial charge in [-0.05, 0) is 13.3 Å². The van der Waals surface area contributed by atoms with E-state index in [1.54, 1.807) is 13.2 Å². The number of amides is 2. The van der Waals surface area contributed by atoms with Gasteiger partial charge in [0.1, 0.15) is 0 Å². The number of carbonyl (C=O) groups is 1. The maximum Gasteiger partial charge on any atom is 0.318 e. The van der Waals surface area contributed by atoms with Crippen LogP contribution in [0.4, 0.5) is 4.79 Å². The average Bonchev–Trinajstić information content (AvgIpc) is 1.99. The first-order valence-corrected chi connectivity index (χ1v) is 3.34. The Morgan fingerprint density at radius 3 is 2.60 bits per heavy atom. The summed E-state index contributed by atoms with van der Waals surface area (Å²) < 4.78 is 0. The SMILES string of the molecule is CC/C(C)=C/NC(=O)NC. The average molecular weight is 142 g/mol. The molecule has 0 saturated carbocycles. The van der Waals surface area contributed by atoms with Gasteiger partial charge in [-0.25, -0.2) is 4.79 Å². The van der Waals surface area contributed by atoms with Crippen LogP contribution in [0.15, 0.2) is 11.8 Å². The first-order chi connectivity index (χ1) is 4.70. The van der Waals surface area contributed by atoms with E-state index in [0.717, 1.165) is 12.0 Å². The van der Waals surface area contributed by atoms with E-state index in [1.807, 2.05) is 13.8 Å². The van der Waals surface area contributed by atoms with Gasteiger partial charge in [-0.1, -0.05) is 12.5 Å². The zero-order valence-electron chi connectivity index (χ0n) is 6.69. The Bertz CT molecular complexity index is 141. The van der Waals surface area contributed by atoms with Crippen LogP contribution in [0.5, 0.6) is 0 Å². The Labute approximate surface area is 61.5 Å². The quantitative estimate of drug-likeness (QED) is 0.598. The topological polar surface area (TPSA) is 41.1 Å². The van der Waals surface area contributed by atoms with E-state index in [1.165, 1.54) is 0 Å². The Kier molecular flexibility index (Phi) is 4.37. The molecular formula is C7H14N2O. The van der Waals surface area contributed by atoms with Crippen LogP contribution in [-0.4, -0.2) is 13.1 Å². The summed E-state index contributed by atoms with van der Waals surface area (Å²) in [5.41, 5.74) is 1.16. The summed E-state index contributed by atoms with van der Waals surface area (Å²) >= 11 is 0. The van der Waals surface area contributed by atoms with Crippen molar-refractivity contribution in [2.24, 2.45) is 0 Å². The van der Waals surface area contributed by atoms with Gasteiger partial charge in [-0.2, -0.15) is 0 Å². The normalized spacial score (nSPS) is 10.9. The molecule has 2 amide bonds. The van der Waals surface area contributed by atoms with E-state index < -0.39 is 0 Å². The van der Waals surface area contributed by atoms with E-state index in [9.17, 15) is 4.79 Å². The van der Waals surface area contributed by atoms with Crippen molar-refractivity contribution < 1.29 is 4.79 Å². The van der Waals surface area contributed by atoms with Crippen molar-refractivity contribution >= 4 is 6.03 Å². The number of nitrogens with one attached hydrogen (secondary N) is 2. The molecule has 0 aromatic carbocycles. The fraction of sp³-hybridized carbons (Fsp3) is 0.571. The monoisotopic (exact) mass is 142 g/mol. The molecule has 0 rings (SSSR count). The zero-order valence-corrected chi connectivity index (χ0v) is 6.69. The lowest BCUT2D eigenvalue weighted by Gasteiger charge is -1.98. The first kappa shape index (κ1) is 9.01. The summed E-state index contributed by atoms with van der Waals surface area (Å²) in [5, 5.41) is 5.02. The molecule has 3 heteroatoms. The highest BCUT2D eigenvalue weighted by Crippen LogP contribution is 1.93. The highest BCUT2D eigenvalue weighted by Gasteiger charge is 1.89. The lowest BCUT2D eigenvalue weighted by atomic mass is 10.3. The van der Waals surface area contributed by atoms with Gasteiger partial charge in [0.25, 0.3) is 0 Å². The Morgan fingerprint density at radius 2 is 2.20 bits per heavy atom. The smallest absolute Gasteiger partial charge is 0.318 e. The van der Waals surface area contributed by atoms with Crippen molar-refractivity contribution in [1.82, 2.24) is 10.6 Å². The third-order valence-electron chi connectivity index (χ3n) is 1.23. The number of hydrogen-bond acceptors (Lipinski definition) is 1. The van der Waals surface area contributed by atoms with E-state index in [0.29, 0.717) is 0 Å². The number of carbonyl (C=O) groups excluding carboxylic acids is 1. The number of hydrogen-bond donors (Lipinski definition) is 2. The number of rotatable bonds is 2. The fourth-order valence-electron chi connectivity index (χ4n) is 0.363. The Morgan fingerprint density at radius 1 is 1.60 bits per heavy atom. The molecule has 3 nitrogen and oxygen atoms in total. The van der Waals surface area contributed by atoms with Crippen LogP contribution in [0, 0.1) is 0 Å². The fourth-order valence-corrected chi connectivity index (χ4v) is 0.363. The largest absolute Gasteiger partial charge is 0.341 e. The second-order valence-corrected chi connectivity index (χ2v) is 2.07. The van der Waals surface area contributed by atoms with Crippen LogP contribution in [0.3, 0.4) is 0 Å². The maximum absolute atomic E-state index is 10.6. The van der Waals surface area contributed by atoms with Crippen molar-refractivity contribution in [3.63, 3.8) is 0 Å². The predicted molar refractivity (Wildman–Crippen MR) is 41.6 cm³/mol. The molecule has 0 aromatic rings. The van der Waals surface area contributed by atoms with Gasteiger partial charge in [-0.15, -0.1) is 0 Å². The summed E-state index contributed by atoms with van der Waals surface area (Å²) in [6, 6.07) is -0.173. The summed E-state index contributed by atoms with van der Waals surface area (Å²) in [6.07, 6.45) is 2.67. The third kappa shape index (κ3) is 3.95. The minimum Gasteiger partial charge on any atom is -0.341 e. The summed E-state index contributed by atoms with van der Waals surface area (Å²) in [7, 11) is 1.59. The van der Waals surface area contributed by atoms with Crippen LogP contribution in [0.1, 0.15) is 20.3 Å². The maximum atomic E-state index is 10.6. The number of urea groups is 1. The van der Waals surface area contributed by atoms with Gasteiger partial charge in [0.05, 0.1) is 0 Å². The molecule has 0 fully saturated rings. The van der Waals surface area contributed by atoms with Crippen LogP contribution in [0.2, 0.25) is 0 Å². The van der Waals surface area contributed by atoms with Crippen LogP contribution in [-0.2, 0) is 0 Å². The van der Waals surface area contributed by atoms with E-state index in [4.69, 9.17) is 0 Å². The van der Waals surface area contributed by atoms with Crippen molar-refractivity contribution in [1.29, 1.82) is 0 Å². The Hall–Kier alpha value is -0.990. The molecule has 0 radical (unpaired) electrons. The summed E-state index contributed by atoms with van der Waals surface area (Å²) in [4.78, 5) is 10.6. The molecule has 2 N–H and O–H groups in total. The van der Waals surface area contributed by atoms with E-state index >= 15 is 0 Å². The van der Waals surface area contributed by atoms with Crippen LogP contribution >= 0.6 is 0 Å². The Balaban J connectivity index is 3.61. The van der Waals surface area contributed by atoms with Gasteiger partial charge in [0.2, 0.25) is 0 Å². The molecule has 0 atom stereocenters. The molecule has 58 valence electrons. The lowest BCUT2D eigenvalue weighted by molar-refractivity contribution is 0.246. The van der Waals surface area contributed by atoms with Gasteiger partial charge in [0, 0.05) is 13.2 Å². The molecule has 0 unspecified atom stereocenters. The van der Waals surface area contributed by atoms with Crippen LogP contribution < -0.4 is 10.6 Å². The molecule has 10 heavy (non-hydrogen) atoms. The molecule has 0 bridgehead atoms. The molecule has 0 aliphatic carbocycles. The predicted octanol–water partition coefficient (Wildman–Crippen LogP) is 1.23. The standard InChI is InChI=1S/C7H14N2O/c1-4-6(2)5-9-7(10)8-3/h5H,4H2,1-3H3,(H2,8,9,10)/b6-5+. The van der Waals surface area contributed by atoms with Gasteiger partial charge < -0.3 is 10.6 Å². The van der Waals surface area contributed by atoms with Crippen LogP contribution in [0.25, 0.3) is 0 Å². The van der Waals surface area contributed by atoms with E-state index in [-0.39, 0.29) is 6.03 Å². The van der Waals surface area contributed by atoms with E-state index in [2.05, 4.69) is 10.6 Å². The molecule has 0 aliphatic heterocycles. The molecule has 0 aliphatic rings. The van der Waals surface area contributed by atoms with Crippen molar-refractivity contribution in [3.05, 3.63) is 11.8 Å². The van der Waals surface area contributed by atoms with Gasteiger partial charge >= 0.3 is 6.03 Å². The van der Waals surface area contributed by atoms with Gasteiger partial charge in [-0.3, -0.25) is 0 Å². The zero-order chi connectivity index (χ0) is 7.98. The molecule has 0 spiro atoms. The third-order valence-corrected chi connectivity index (χ3v) is 1.23. The second-order valence-electron chi connectivity index (χ2n) is 2.07. The molecular weight excluding hydrogens is 128 g/mol. The highest BCUT2D eigenvalue weighted by atomic mass is 16.2. The van der Waals surface area contributed by atoms with Crippen molar-refractivity contribution in [3.8, 4) is 0 Å². The van der Waals surface area contributed by atoms with Crippen molar-refractivity contribution in [2.75, 3.05) is 7.05 Å². The first-order valence-electron chi connectivity index (χ1n) is 3.34. The molecule has 0 heterocycles. The minimum absolute atomic E-state index is 0.173. The molecule has 0 saturated heterocycles. The second kappa shape index (κ2) is 4.85. The minimum atomic E-state index is -0.173. The highest BCUT2D eigenvalue weighted by molar-refractivity contribution is 5.74. The summed E-state index contributed by atoms with van der Waals surface area (Å²) in [5.74, 6) is 0. The molecule has 0 aromatic heterocycles. The lowest BCUT2D eigenvalue weighted by Crippen LogP contribution is -2.28. The van der Waals surface area contributed by atoms with Gasteiger partial charge in [0.15, 0.2) is 0 Å². The van der Waals surface area contributed by atoms with Crippen molar-refractivity contribution in [2.45, 2.75) is 20.3 Å².